The van der Waals surface area contributed by atoms with Crippen LogP contribution < -0.4 is 10.6 Å². The lowest BCUT2D eigenvalue weighted by Crippen LogP contribution is -2.55. The van der Waals surface area contributed by atoms with Crippen molar-refractivity contribution in [2.45, 2.75) is 38.6 Å². The zero-order chi connectivity index (χ0) is 14.4. The summed E-state index contributed by atoms with van der Waals surface area (Å²) in [6, 6.07) is 0. The van der Waals surface area contributed by atoms with Crippen LogP contribution in [-0.2, 0) is 9.53 Å². The summed E-state index contributed by atoms with van der Waals surface area (Å²) in [5.41, 5.74) is 0.00750. The molecule has 0 bridgehead atoms. The van der Waals surface area contributed by atoms with Gasteiger partial charge in [-0.05, 0) is 45.7 Å². The molecule has 0 spiro atoms. The van der Waals surface area contributed by atoms with E-state index in [1.54, 1.807) is 0 Å². The molecule has 0 radical (unpaired) electrons. The standard InChI is InChI=1S/C15H29N3O2.2ClH/c1-15(2,18-7-9-20-10-8-18)12-17-14(19)11-13-3-5-16-6-4-13;;/h13,16H,3-12H2,1-2H3,(H,17,19);2*1H. The molecule has 0 aromatic heterocycles. The van der Waals surface area contributed by atoms with Gasteiger partial charge in [-0.15, -0.1) is 24.8 Å². The van der Waals surface area contributed by atoms with E-state index in [4.69, 9.17) is 4.74 Å². The topological polar surface area (TPSA) is 53.6 Å². The predicted octanol–water partition coefficient (Wildman–Crippen LogP) is 1.45. The fourth-order valence-electron chi connectivity index (χ4n) is 3.02. The van der Waals surface area contributed by atoms with E-state index >= 15 is 0 Å². The molecule has 7 heteroatoms. The second kappa shape index (κ2) is 10.7. The number of halogens is 2. The number of nitrogens with one attached hydrogen (secondary N) is 2. The van der Waals surface area contributed by atoms with Crippen molar-refractivity contribution in [2.75, 3.05) is 45.9 Å². The molecule has 0 saturated carbocycles. The van der Waals surface area contributed by atoms with E-state index in [1.165, 1.54) is 0 Å². The maximum atomic E-state index is 12.1. The summed E-state index contributed by atoms with van der Waals surface area (Å²) >= 11 is 0. The van der Waals surface area contributed by atoms with Gasteiger partial charge in [0.15, 0.2) is 0 Å². The Hall–Kier alpha value is -0.0700. The Morgan fingerprint density at radius 2 is 1.82 bits per heavy atom. The molecule has 2 rings (SSSR count). The summed E-state index contributed by atoms with van der Waals surface area (Å²) in [6.45, 7) is 10.7. The molecule has 5 nitrogen and oxygen atoms in total. The Bertz CT molecular complexity index is 318. The highest BCUT2D eigenvalue weighted by atomic mass is 35.5. The summed E-state index contributed by atoms with van der Waals surface area (Å²) in [6.07, 6.45) is 2.93. The van der Waals surface area contributed by atoms with Crippen molar-refractivity contribution in [3.8, 4) is 0 Å². The van der Waals surface area contributed by atoms with Gasteiger partial charge in [0.05, 0.1) is 13.2 Å². The Kier molecular flexibility index (Phi) is 10.6. The lowest BCUT2D eigenvalue weighted by Gasteiger charge is -2.41. The van der Waals surface area contributed by atoms with Crippen molar-refractivity contribution in [1.29, 1.82) is 0 Å². The second-order valence-corrected chi connectivity index (χ2v) is 6.59. The van der Waals surface area contributed by atoms with Gasteiger partial charge in [-0.3, -0.25) is 9.69 Å². The van der Waals surface area contributed by atoms with Crippen molar-refractivity contribution in [1.82, 2.24) is 15.5 Å². The Morgan fingerprint density at radius 1 is 1.23 bits per heavy atom. The summed E-state index contributed by atoms with van der Waals surface area (Å²) in [7, 11) is 0. The zero-order valence-electron chi connectivity index (χ0n) is 13.7. The molecule has 0 unspecified atom stereocenters. The molecule has 2 aliphatic heterocycles. The first-order valence-corrected chi connectivity index (χ1v) is 7.88. The Labute approximate surface area is 146 Å². The third-order valence-electron chi connectivity index (χ3n) is 4.52. The SMILES string of the molecule is CC(C)(CNC(=O)CC1CCNCC1)N1CCOCC1.Cl.Cl. The number of morpholine rings is 1. The van der Waals surface area contributed by atoms with Crippen LogP contribution in [0.25, 0.3) is 0 Å². The van der Waals surface area contributed by atoms with E-state index in [2.05, 4.69) is 29.4 Å². The molecule has 2 saturated heterocycles. The maximum Gasteiger partial charge on any atom is 0.220 e. The minimum Gasteiger partial charge on any atom is -0.379 e. The second-order valence-electron chi connectivity index (χ2n) is 6.59. The van der Waals surface area contributed by atoms with Crippen molar-refractivity contribution in [3.63, 3.8) is 0 Å². The van der Waals surface area contributed by atoms with E-state index in [0.29, 0.717) is 12.3 Å². The fourth-order valence-corrected chi connectivity index (χ4v) is 3.02. The highest BCUT2D eigenvalue weighted by molar-refractivity contribution is 5.85. The molecule has 2 aliphatic rings. The largest absolute Gasteiger partial charge is 0.379 e. The molecule has 1 amide bonds. The van der Waals surface area contributed by atoms with E-state index in [9.17, 15) is 4.79 Å². The maximum absolute atomic E-state index is 12.1. The molecule has 2 fully saturated rings. The van der Waals surface area contributed by atoms with Crippen molar-refractivity contribution >= 4 is 30.7 Å². The van der Waals surface area contributed by atoms with Crippen LogP contribution in [0.5, 0.6) is 0 Å². The predicted molar refractivity (Wildman–Crippen MR) is 94.2 cm³/mol. The lowest BCUT2D eigenvalue weighted by molar-refractivity contribution is -0.123. The number of amides is 1. The average Bonchev–Trinajstić information content (AvgIpc) is 2.47. The molecule has 22 heavy (non-hydrogen) atoms. The first kappa shape index (κ1) is 21.9. The van der Waals surface area contributed by atoms with Gasteiger partial charge in [-0.1, -0.05) is 0 Å². The van der Waals surface area contributed by atoms with Crippen molar-refractivity contribution < 1.29 is 9.53 Å². The molecular weight excluding hydrogens is 325 g/mol. The number of nitrogens with zero attached hydrogens (tertiary/aromatic N) is 1. The molecule has 0 aromatic rings. The summed E-state index contributed by atoms with van der Waals surface area (Å²) in [4.78, 5) is 14.5. The number of carbonyl (C=O) groups excluding carboxylic acids is 1. The van der Waals surface area contributed by atoms with E-state index < -0.39 is 0 Å². The monoisotopic (exact) mass is 355 g/mol. The smallest absolute Gasteiger partial charge is 0.220 e. The zero-order valence-corrected chi connectivity index (χ0v) is 15.4. The van der Waals surface area contributed by atoms with Crippen LogP contribution in [-0.4, -0.2) is 62.3 Å². The molecule has 0 aromatic carbocycles. The minimum atomic E-state index is 0. The van der Waals surface area contributed by atoms with Crippen LogP contribution in [0.4, 0.5) is 0 Å². The number of rotatable bonds is 5. The third-order valence-corrected chi connectivity index (χ3v) is 4.52. The fraction of sp³-hybridized carbons (Fsp3) is 0.933. The van der Waals surface area contributed by atoms with Crippen LogP contribution in [0.15, 0.2) is 0 Å². The molecular formula is C15H31Cl2N3O2. The minimum absolute atomic E-state index is 0. The average molecular weight is 356 g/mol. The number of ether oxygens (including phenoxy) is 1. The number of hydrogen-bond donors (Lipinski definition) is 2. The molecule has 0 atom stereocenters. The van der Waals surface area contributed by atoms with Crippen LogP contribution >= 0.6 is 24.8 Å². The number of carbonyl (C=O) groups is 1. The molecule has 0 aliphatic carbocycles. The molecule has 132 valence electrons. The molecule has 2 heterocycles. The first-order chi connectivity index (χ1) is 9.58. The van der Waals surface area contributed by atoms with Gasteiger partial charge in [0.1, 0.15) is 0 Å². The van der Waals surface area contributed by atoms with Gasteiger partial charge in [0.25, 0.3) is 0 Å². The van der Waals surface area contributed by atoms with Gasteiger partial charge in [-0.2, -0.15) is 0 Å². The highest BCUT2D eigenvalue weighted by Crippen LogP contribution is 2.17. The van der Waals surface area contributed by atoms with E-state index in [-0.39, 0.29) is 36.3 Å². The van der Waals surface area contributed by atoms with E-state index in [1.807, 2.05) is 0 Å². The van der Waals surface area contributed by atoms with Crippen LogP contribution in [0.3, 0.4) is 0 Å². The molecule has 2 N–H and O–H groups in total. The summed E-state index contributed by atoms with van der Waals surface area (Å²) < 4.78 is 5.39. The third kappa shape index (κ3) is 7.01. The van der Waals surface area contributed by atoms with Gasteiger partial charge in [0, 0.05) is 31.6 Å². The Balaban J connectivity index is 0.00000220. The number of hydrogen-bond acceptors (Lipinski definition) is 4. The van der Waals surface area contributed by atoms with Gasteiger partial charge in [-0.25, -0.2) is 0 Å². The van der Waals surface area contributed by atoms with Gasteiger partial charge < -0.3 is 15.4 Å². The highest BCUT2D eigenvalue weighted by Gasteiger charge is 2.28. The normalized spacial score (nSPS) is 20.6. The number of piperidine rings is 1. The summed E-state index contributed by atoms with van der Waals surface area (Å²) in [5, 5.41) is 6.46. The van der Waals surface area contributed by atoms with Crippen molar-refractivity contribution in [3.05, 3.63) is 0 Å². The van der Waals surface area contributed by atoms with Gasteiger partial charge >= 0.3 is 0 Å². The quantitative estimate of drug-likeness (QED) is 0.783. The van der Waals surface area contributed by atoms with Crippen LogP contribution in [0.2, 0.25) is 0 Å². The van der Waals surface area contributed by atoms with Gasteiger partial charge in [0.2, 0.25) is 5.91 Å². The first-order valence-electron chi connectivity index (χ1n) is 7.88. The van der Waals surface area contributed by atoms with Crippen LogP contribution in [0, 0.1) is 5.92 Å². The van der Waals surface area contributed by atoms with Crippen molar-refractivity contribution in [2.24, 2.45) is 5.92 Å². The van der Waals surface area contributed by atoms with Crippen LogP contribution in [0.1, 0.15) is 33.1 Å². The summed E-state index contributed by atoms with van der Waals surface area (Å²) in [5.74, 6) is 0.765. The lowest BCUT2D eigenvalue weighted by atomic mass is 9.94. The van der Waals surface area contributed by atoms with E-state index in [0.717, 1.165) is 58.8 Å². The Morgan fingerprint density at radius 3 is 2.41 bits per heavy atom.